The zero-order valence-corrected chi connectivity index (χ0v) is 14.4. The largest absolute Gasteiger partial charge is 0.356 e. The molecule has 3 N–H and O–H groups in total. The quantitative estimate of drug-likeness (QED) is 0.406. The number of rotatable bonds is 6. The van der Waals surface area contributed by atoms with Crippen molar-refractivity contribution in [3.8, 4) is 0 Å². The average Bonchev–Trinajstić information content (AvgIpc) is 2.90. The molecule has 0 unspecified atom stereocenters. The van der Waals surface area contributed by atoms with E-state index in [2.05, 4.69) is 46.9 Å². The molecule has 3 amide bonds. The van der Waals surface area contributed by atoms with E-state index in [1.165, 1.54) is 10.5 Å². The molecule has 1 fully saturated rings. The summed E-state index contributed by atoms with van der Waals surface area (Å²) in [5.74, 6) is 0.445. The number of nitrogens with one attached hydrogen (secondary N) is 3. The van der Waals surface area contributed by atoms with Crippen molar-refractivity contribution in [1.29, 1.82) is 0 Å². The second kappa shape index (κ2) is 7.81. The van der Waals surface area contributed by atoms with E-state index in [1.54, 1.807) is 7.05 Å². The molecule has 1 aliphatic rings. The zero-order valence-electron chi connectivity index (χ0n) is 14.4. The summed E-state index contributed by atoms with van der Waals surface area (Å²) in [6, 6.07) is 9.94. The van der Waals surface area contributed by atoms with Crippen molar-refractivity contribution >= 4 is 17.9 Å². The van der Waals surface area contributed by atoms with Gasteiger partial charge in [0, 0.05) is 32.1 Å². The van der Waals surface area contributed by atoms with E-state index < -0.39 is 0 Å². The van der Waals surface area contributed by atoms with E-state index in [1.807, 2.05) is 18.2 Å². The summed E-state index contributed by atoms with van der Waals surface area (Å²) in [5, 5.41) is 8.92. The summed E-state index contributed by atoms with van der Waals surface area (Å²) < 4.78 is 0. The number of carbonyl (C=O) groups is 2. The molecule has 1 aliphatic heterocycles. The molecule has 0 spiro atoms. The molecule has 0 aliphatic carbocycles. The first kappa shape index (κ1) is 17.8. The van der Waals surface area contributed by atoms with Crippen LogP contribution in [0.4, 0.5) is 4.79 Å². The van der Waals surface area contributed by atoms with Crippen LogP contribution in [0.5, 0.6) is 0 Å². The fourth-order valence-electron chi connectivity index (χ4n) is 2.48. The van der Waals surface area contributed by atoms with E-state index in [0.717, 1.165) is 0 Å². The van der Waals surface area contributed by atoms with E-state index >= 15 is 0 Å². The average molecular weight is 331 g/mol. The van der Waals surface area contributed by atoms with Crippen molar-refractivity contribution in [1.82, 2.24) is 20.9 Å². The molecule has 0 bridgehead atoms. The fourth-order valence-corrected chi connectivity index (χ4v) is 2.48. The highest BCUT2D eigenvalue weighted by molar-refractivity contribution is 6.01. The van der Waals surface area contributed by atoms with E-state index in [0.29, 0.717) is 25.6 Å². The number of amides is 3. The van der Waals surface area contributed by atoms with Gasteiger partial charge in [-0.25, -0.2) is 4.79 Å². The third kappa shape index (κ3) is 4.47. The summed E-state index contributed by atoms with van der Waals surface area (Å²) in [7, 11) is 1.69. The Bertz CT molecular complexity index is 597. The normalized spacial score (nSPS) is 15.5. The molecular formula is C17H25N5O2. The summed E-state index contributed by atoms with van der Waals surface area (Å²) in [4.78, 5) is 28.4. The number of aliphatic imine (C=N–C) groups is 1. The first-order valence-corrected chi connectivity index (χ1v) is 8.02. The van der Waals surface area contributed by atoms with E-state index in [-0.39, 0.29) is 23.9 Å². The van der Waals surface area contributed by atoms with E-state index in [4.69, 9.17) is 0 Å². The molecule has 0 saturated carbocycles. The van der Waals surface area contributed by atoms with Gasteiger partial charge in [0.05, 0.1) is 6.54 Å². The van der Waals surface area contributed by atoms with Gasteiger partial charge in [-0.05, 0) is 5.56 Å². The summed E-state index contributed by atoms with van der Waals surface area (Å²) >= 11 is 0. The van der Waals surface area contributed by atoms with Gasteiger partial charge in [-0.1, -0.05) is 44.2 Å². The molecule has 0 atom stereocenters. The Morgan fingerprint density at radius 2 is 1.96 bits per heavy atom. The maximum absolute atomic E-state index is 11.5. The van der Waals surface area contributed by atoms with Crippen LogP contribution in [0.1, 0.15) is 19.4 Å². The molecule has 130 valence electrons. The van der Waals surface area contributed by atoms with Gasteiger partial charge in [-0.3, -0.25) is 14.7 Å². The minimum Gasteiger partial charge on any atom is -0.356 e. The minimum absolute atomic E-state index is 0.0519. The van der Waals surface area contributed by atoms with Gasteiger partial charge < -0.3 is 16.0 Å². The van der Waals surface area contributed by atoms with Crippen molar-refractivity contribution in [2.45, 2.75) is 19.3 Å². The van der Waals surface area contributed by atoms with Crippen LogP contribution >= 0.6 is 0 Å². The molecule has 1 aromatic rings. The van der Waals surface area contributed by atoms with Gasteiger partial charge in [0.15, 0.2) is 5.96 Å². The Morgan fingerprint density at radius 3 is 2.54 bits per heavy atom. The molecule has 24 heavy (non-hydrogen) atoms. The SMILES string of the molecule is CN=C(NCCN1C(=O)CNC1=O)NCC(C)(C)c1ccccc1. The molecule has 1 saturated heterocycles. The van der Waals surface area contributed by atoms with Crippen molar-refractivity contribution in [3.05, 3.63) is 35.9 Å². The third-order valence-electron chi connectivity index (χ3n) is 4.04. The molecule has 2 rings (SSSR count). The smallest absolute Gasteiger partial charge is 0.324 e. The highest BCUT2D eigenvalue weighted by Gasteiger charge is 2.27. The Morgan fingerprint density at radius 1 is 1.25 bits per heavy atom. The molecule has 1 heterocycles. The highest BCUT2D eigenvalue weighted by atomic mass is 16.2. The lowest BCUT2D eigenvalue weighted by Crippen LogP contribution is -2.46. The molecule has 7 nitrogen and oxygen atoms in total. The van der Waals surface area contributed by atoms with Crippen molar-refractivity contribution < 1.29 is 9.59 Å². The van der Waals surface area contributed by atoms with E-state index in [9.17, 15) is 9.59 Å². The monoisotopic (exact) mass is 331 g/mol. The summed E-state index contributed by atoms with van der Waals surface area (Å²) in [5.41, 5.74) is 1.19. The molecule has 0 aromatic heterocycles. The second-order valence-electron chi connectivity index (χ2n) is 6.31. The van der Waals surface area contributed by atoms with Crippen LogP contribution in [0, 0.1) is 0 Å². The molecule has 7 heteroatoms. The number of guanidine groups is 1. The van der Waals surface area contributed by atoms with Gasteiger partial charge in [0.1, 0.15) is 0 Å². The topological polar surface area (TPSA) is 85.8 Å². The van der Waals surface area contributed by atoms with Crippen LogP contribution in [0.3, 0.4) is 0 Å². The predicted octanol–water partition coefficient (Wildman–Crippen LogP) is 0.681. The van der Waals surface area contributed by atoms with Gasteiger partial charge in [-0.15, -0.1) is 0 Å². The standard InChI is InChI=1S/C17H25N5O2/c1-17(2,13-7-5-4-6-8-13)12-21-15(18-3)19-9-10-22-14(23)11-20-16(22)24/h4-8H,9-12H2,1-3H3,(H,20,24)(H2,18,19,21). The van der Waals surface area contributed by atoms with Gasteiger partial charge in [0.25, 0.3) is 0 Å². The minimum atomic E-state index is -0.338. The number of benzene rings is 1. The molecular weight excluding hydrogens is 306 g/mol. The number of hydrogen-bond acceptors (Lipinski definition) is 3. The van der Waals surface area contributed by atoms with Gasteiger partial charge >= 0.3 is 6.03 Å². The number of imide groups is 1. The lowest BCUT2D eigenvalue weighted by Gasteiger charge is -2.27. The van der Waals surface area contributed by atoms with Crippen molar-refractivity contribution in [2.75, 3.05) is 33.2 Å². The number of carbonyl (C=O) groups excluding carboxylic acids is 2. The molecule has 0 radical (unpaired) electrons. The Hall–Kier alpha value is -2.57. The maximum Gasteiger partial charge on any atom is 0.324 e. The predicted molar refractivity (Wildman–Crippen MR) is 93.9 cm³/mol. The lowest BCUT2D eigenvalue weighted by atomic mass is 9.85. The fraction of sp³-hybridized carbons (Fsp3) is 0.471. The first-order chi connectivity index (χ1) is 11.4. The first-order valence-electron chi connectivity index (χ1n) is 8.02. The van der Waals surface area contributed by atoms with Crippen molar-refractivity contribution in [2.24, 2.45) is 4.99 Å². The Balaban J connectivity index is 1.80. The maximum atomic E-state index is 11.5. The Kier molecular flexibility index (Phi) is 5.78. The number of urea groups is 1. The van der Waals surface area contributed by atoms with Crippen LogP contribution in [-0.4, -0.2) is 56.0 Å². The second-order valence-corrected chi connectivity index (χ2v) is 6.31. The summed E-state index contributed by atoms with van der Waals surface area (Å²) in [6.07, 6.45) is 0. The lowest BCUT2D eigenvalue weighted by molar-refractivity contribution is -0.124. The van der Waals surface area contributed by atoms with Crippen LogP contribution in [-0.2, 0) is 10.2 Å². The van der Waals surface area contributed by atoms with Crippen LogP contribution < -0.4 is 16.0 Å². The highest BCUT2D eigenvalue weighted by Crippen LogP contribution is 2.21. The summed E-state index contributed by atoms with van der Waals surface area (Å²) in [6.45, 7) is 5.88. The molecule has 1 aromatic carbocycles. The zero-order chi connectivity index (χ0) is 17.6. The number of nitrogens with zero attached hydrogens (tertiary/aromatic N) is 2. The van der Waals surface area contributed by atoms with Crippen LogP contribution in [0.2, 0.25) is 0 Å². The van der Waals surface area contributed by atoms with Gasteiger partial charge in [-0.2, -0.15) is 0 Å². The number of hydrogen-bond donors (Lipinski definition) is 3. The third-order valence-corrected chi connectivity index (χ3v) is 4.04. The van der Waals surface area contributed by atoms with Crippen LogP contribution in [0.25, 0.3) is 0 Å². The van der Waals surface area contributed by atoms with Crippen molar-refractivity contribution in [3.63, 3.8) is 0 Å². The Labute approximate surface area is 142 Å². The van der Waals surface area contributed by atoms with Gasteiger partial charge in [0.2, 0.25) is 5.91 Å². The van der Waals surface area contributed by atoms with Crippen LogP contribution in [0.15, 0.2) is 35.3 Å².